The summed E-state index contributed by atoms with van der Waals surface area (Å²) in [4.78, 5) is 4.29. The molecular formula is C24H28N2O3. The zero-order valence-electron chi connectivity index (χ0n) is 17.5. The fourth-order valence-electron chi connectivity index (χ4n) is 3.04. The third-order valence-corrected chi connectivity index (χ3v) is 4.86. The van der Waals surface area contributed by atoms with Gasteiger partial charge in [0.2, 0.25) is 0 Å². The van der Waals surface area contributed by atoms with Gasteiger partial charge in [-0.1, -0.05) is 18.2 Å². The Labute approximate surface area is 172 Å². The fraction of sp³-hybridized carbons (Fsp3) is 0.292. The lowest BCUT2D eigenvalue weighted by atomic mass is 10.1. The molecule has 1 heterocycles. The highest BCUT2D eigenvalue weighted by Gasteiger charge is 2.09. The van der Waals surface area contributed by atoms with E-state index in [9.17, 15) is 0 Å². The van der Waals surface area contributed by atoms with E-state index in [1.807, 2.05) is 36.4 Å². The van der Waals surface area contributed by atoms with Gasteiger partial charge < -0.3 is 19.5 Å². The van der Waals surface area contributed by atoms with Gasteiger partial charge in [0.15, 0.2) is 0 Å². The second-order valence-corrected chi connectivity index (χ2v) is 6.89. The van der Waals surface area contributed by atoms with Crippen LogP contribution in [0.25, 0.3) is 0 Å². The van der Waals surface area contributed by atoms with Crippen molar-refractivity contribution in [3.8, 4) is 17.2 Å². The van der Waals surface area contributed by atoms with Crippen LogP contribution in [0.2, 0.25) is 0 Å². The zero-order valence-corrected chi connectivity index (χ0v) is 17.5. The minimum absolute atomic E-state index is 0.441. The van der Waals surface area contributed by atoms with Crippen LogP contribution in [0.1, 0.15) is 22.3 Å². The van der Waals surface area contributed by atoms with Crippen LogP contribution in [-0.2, 0) is 6.54 Å². The summed E-state index contributed by atoms with van der Waals surface area (Å²) in [5, 5.41) is 3.31. The van der Waals surface area contributed by atoms with E-state index in [1.54, 1.807) is 13.3 Å². The summed E-state index contributed by atoms with van der Waals surface area (Å²) in [5.74, 6) is 3.29. The molecule has 0 atom stereocenters. The van der Waals surface area contributed by atoms with Crippen LogP contribution in [0, 0.1) is 20.8 Å². The molecule has 1 N–H and O–H groups in total. The number of methoxy groups -OCH3 is 1. The van der Waals surface area contributed by atoms with Crippen LogP contribution in [0.3, 0.4) is 0 Å². The summed E-state index contributed by atoms with van der Waals surface area (Å²) < 4.78 is 17.4. The summed E-state index contributed by atoms with van der Waals surface area (Å²) in [6.07, 6.45) is 1.76. The molecule has 3 rings (SSSR count). The van der Waals surface area contributed by atoms with E-state index in [0.717, 1.165) is 34.2 Å². The van der Waals surface area contributed by atoms with E-state index in [4.69, 9.17) is 14.2 Å². The number of benzene rings is 2. The standard InChI is InChI=1S/C24H28N2O3/c1-17-8-9-18(2)24(19(17)3)29-14-13-28-22-15-21(27-4)11-10-20(22)16-26-23-7-5-6-12-25-23/h5-12,15H,13-14,16H2,1-4H3,(H,25,26). The minimum Gasteiger partial charge on any atom is -0.497 e. The zero-order chi connectivity index (χ0) is 20.6. The molecule has 0 aliphatic rings. The average Bonchev–Trinajstić information content (AvgIpc) is 2.75. The van der Waals surface area contributed by atoms with Crippen molar-refractivity contribution in [2.24, 2.45) is 0 Å². The van der Waals surface area contributed by atoms with Gasteiger partial charge >= 0.3 is 0 Å². The number of hydrogen-bond donors (Lipinski definition) is 1. The van der Waals surface area contributed by atoms with Crippen molar-refractivity contribution in [1.82, 2.24) is 4.98 Å². The van der Waals surface area contributed by atoms with E-state index >= 15 is 0 Å². The molecule has 0 amide bonds. The van der Waals surface area contributed by atoms with Crippen LogP contribution in [-0.4, -0.2) is 25.3 Å². The SMILES string of the molecule is COc1ccc(CNc2ccccn2)c(OCCOc2c(C)ccc(C)c2C)c1. The third kappa shape index (κ3) is 5.41. The Balaban J connectivity index is 1.62. The molecule has 0 aliphatic carbocycles. The highest BCUT2D eigenvalue weighted by molar-refractivity contribution is 5.45. The predicted molar refractivity (Wildman–Crippen MR) is 116 cm³/mol. The number of aromatic nitrogens is 1. The highest BCUT2D eigenvalue weighted by Crippen LogP contribution is 2.27. The Morgan fingerprint density at radius 3 is 2.45 bits per heavy atom. The van der Waals surface area contributed by atoms with Crippen molar-refractivity contribution in [3.63, 3.8) is 0 Å². The van der Waals surface area contributed by atoms with Gasteiger partial charge in [0.05, 0.1) is 7.11 Å². The van der Waals surface area contributed by atoms with Gasteiger partial charge in [-0.3, -0.25) is 0 Å². The largest absolute Gasteiger partial charge is 0.497 e. The number of aryl methyl sites for hydroxylation is 2. The number of pyridine rings is 1. The summed E-state index contributed by atoms with van der Waals surface area (Å²) in [6, 6.07) is 15.8. The lowest BCUT2D eigenvalue weighted by Crippen LogP contribution is -2.12. The monoisotopic (exact) mass is 392 g/mol. The van der Waals surface area contributed by atoms with E-state index in [-0.39, 0.29) is 0 Å². The fourth-order valence-corrected chi connectivity index (χ4v) is 3.04. The molecule has 3 aromatic rings. The first-order chi connectivity index (χ1) is 14.1. The molecular weight excluding hydrogens is 364 g/mol. The quantitative estimate of drug-likeness (QED) is 0.514. The lowest BCUT2D eigenvalue weighted by Gasteiger charge is -2.16. The molecule has 0 saturated carbocycles. The van der Waals surface area contributed by atoms with Gasteiger partial charge in [-0.2, -0.15) is 0 Å². The van der Waals surface area contributed by atoms with E-state index in [0.29, 0.717) is 19.8 Å². The van der Waals surface area contributed by atoms with Gasteiger partial charge in [0, 0.05) is 24.4 Å². The number of rotatable bonds is 9. The van der Waals surface area contributed by atoms with Crippen LogP contribution in [0.4, 0.5) is 5.82 Å². The van der Waals surface area contributed by atoms with Crippen LogP contribution in [0.5, 0.6) is 17.2 Å². The van der Waals surface area contributed by atoms with Gasteiger partial charge in [0.25, 0.3) is 0 Å². The Kier molecular flexibility index (Phi) is 6.95. The summed E-state index contributed by atoms with van der Waals surface area (Å²) in [6.45, 7) is 7.75. The van der Waals surface area contributed by atoms with E-state index in [1.165, 1.54) is 11.1 Å². The maximum Gasteiger partial charge on any atom is 0.128 e. The third-order valence-electron chi connectivity index (χ3n) is 4.86. The first-order valence-electron chi connectivity index (χ1n) is 9.72. The average molecular weight is 392 g/mol. The molecule has 0 saturated heterocycles. The highest BCUT2D eigenvalue weighted by atomic mass is 16.5. The van der Waals surface area contributed by atoms with Crippen LogP contribution in [0.15, 0.2) is 54.7 Å². The molecule has 2 aromatic carbocycles. The Morgan fingerprint density at radius 1 is 0.897 bits per heavy atom. The van der Waals surface area contributed by atoms with E-state index in [2.05, 4.69) is 43.2 Å². The van der Waals surface area contributed by atoms with Gasteiger partial charge in [-0.15, -0.1) is 0 Å². The van der Waals surface area contributed by atoms with Gasteiger partial charge in [-0.05, 0) is 61.7 Å². The number of nitrogens with zero attached hydrogens (tertiary/aromatic N) is 1. The molecule has 0 unspecified atom stereocenters. The molecule has 5 nitrogen and oxygen atoms in total. The molecule has 5 heteroatoms. The van der Waals surface area contributed by atoms with Crippen molar-refractivity contribution in [3.05, 3.63) is 77.0 Å². The molecule has 0 aliphatic heterocycles. The summed E-state index contributed by atoms with van der Waals surface area (Å²) in [7, 11) is 1.65. The van der Waals surface area contributed by atoms with Crippen LogP contribution < -0.4 is 19.5 Å². The smallest absolute Gasteiger partial charge is 0.128 e. The summed E-state index contributed by atoms with van der Waals surface area (Å²) >= 11 is 0. The Hall–Kier alpha value is -3.21. The predicted octanol–water partition coefficient (Wildman–Crippen LogP) is 5.09. The molecule has 0 fully saturated rings. The molecule has 1 aromatic heterocycles. The number of ether oxygens (including phenoxy) is 3. The molecule has 0 bridgehead atoms. The maximum absolute atomic E-state index is 6.03. The van der Waals surface area contributed by atoms with Crippen LogP contribution >= 0.6 is 0 Å². The van der Waals surface area contributed by atoms with Gasteiger partial charge in [-0.25, -0.2) is 4.98 Å². The molecule has 29 heavy (non-hydrogen) atoms. The molecule has 152 valence electrons. The topological polar surface area (TPSA) is 52.6 Å². The van der Waals surface area contributed by atoms with Crippen molar-refractivity contribution in [2.45, 2.75) is 27.3 Å². The van der Waals surface area contributed by atoms with Crippen molar-refractivity contribution < 1.29 is 14.2 Å². The lowest BCUT2D eigenvalue weighted by molar-refractivity contribution is 0.214. The molecule has 0 radical (unpaired) electrons. The summed E-state index contributed by atoms with van der Waals surface area (Å²) in [5.41, 5.74) is 4.56. The maximum atomic E-state index is 6.03. The number of anilines is 1. The number of hydrogen-bond acceptors (Lipinski definition) is 5. The second-order valence-electron chi connectivity index (χ2n) is 6.89. The Morgan fingerprint density at radius 2 is 1.69 bits per heavy atom. The number of nitrogens with one attached hydrogen (secondary N) is 1. The molecule has 0 spiro atoms. The Bertz CT molecular complexity index is 942. The van der Waals surface area contributed by atoms with Gasteiger partial charge in [0.1, 0.15) is 36.3 Å². The first-order valence-corrected chi connectivity index (χ1v) is 9.72. The normalized spacial score (nSPS) is 10.5. The first kappa shape index (κ1) is 20.5. The second kappa shape index (κ2) is 9.82. The van der Waals surface area contributed by atoms with E-state index < -0.39 is 0 Å². The van der Waals surface area contributed by atoms with Crippen molar-refractivity contribution >= 4 is 5.82 Å². The van der Waals surface area contributed by atoms with Crippen molar-refractivity contribution in [2.75, 3.05) is 25.6 Å². The minimum atomic E-state index is 0.441. The van der Waals surface area contributed by atoms with Crippen molar-refractivity contribution in [1.29, 1.82) is 0 Å².